The molecule has 0 radical (unpaired) electrons. The third-order valence-corrected chi connectivity index (χ3v) is 4.28. The number of benzene rings is 2. The van der Waals surface area contributed by atoms with Crippen LogP contribution in [0.5, 0.6) is 0 Å². The van der Waals surface area contributed by atoms with Crippen molar-refractivity contribution in [1.29, 1.82) is 0 Å². The molecule has 1 aliphatic rings. The summed E-state index contributed by atoms with van der Waals surface area (Å²) in [6, 6.07) is 11.3. The van der Waals surface area contributed by atoms with Crippen LogP contribution in [0.3, 0.4) is 0 Å². The van der Waals surface area contributed by atoms with E-state index >= 15 is 0 Å². The Morgan fingerprint density at radius 1 is 1.00 bits per heavy atom. The quantitative estimate of drug-likeness (QED) is 0.844. The van der Waals surface area contributed by atoms with Crippen LogP contribution in [0.15, 0.2) is 36.4 Å². The summed E-state index contributed by atoms with van der Waals surface area (Å²) >= 11 is 0. The lowest BCUT2D eigenvalue weighted by molar-refractivity contribution is 0.358. The zero-order chi connectivity index (χ0) is 14.3. The van der Waals surface area contributed by atoms with Gasteiger partial charge in [-0.1, -0.05) is 36.4 Å². The number of fused-ring (bicyclic) bond motifs is 1. The van der Waals surface area contributed by atoms with Crippen LogP contribution in [0.1, 0.15) is 28.7 Å². The highest BCUT2D eigenvalue weighted by Gasteiger charge is 2.35. The number of hydrogen-bond donors (Lipinski definition) is 1. The molecule has 1 atom stereocenters. The van der Waals surface area contributed by atoms with Crippen molar-refractivity contribution >= 4 is 0 Å². The molecule has 0 spiro atoms. The first-order chi connectivity index (χ1) is 9.51. The lowest BCUT2D eigenvalue weighted by atomic mass is 9.74. The normalized spacial score (nSPS) is 21.6. The molecule has 0 fully saturated rings. The van der Waals surface area contributed by atoms with Crippen LogP contribution in [0.2, 0.25) is 0 Å². The van der Waals surface area contributed by atoms with Crippen molar-refractivity contribution in [3.05, 3.63) is 70.3 Å². The average Bonchev–Trinajstić information content (AvgIpc) is 2.44. The molecule has 1 unspecified atom stereocenters. The van der Waals surface area contributed by atoms with Crippen LogP contribution >= 0.6 is 0 Å². The molecule has 1 aliphatic carbocycles. The van der Waals surface area contributed by atoms with Gasteiger partial charge in [-0.15, -0.1) is 0 Å². The van der Waals surface area contributed by atoms with E-state index in [0.717, 1.165) is 12.0 Å². The molecule has 3 rings (SSSR count). The summed E-state index contributed by atoms with van der Waals surface area (Å²) in [6.07, 6.45) is 1.97. The molecule has 0 bridgehead atoms. The molecule has 1 nitrogen and oxygen atoms in total. The van der Waals surface area contributed by atoms with E-state index in [2.05, 4.69) is 6.07 Å². The highest BCUT2D eigenvalue weighted by molar-refractivity contribution is 5.38. The lowest BCUT2D eigenvalue weighted by Gasteiger charge is -2.35. The van der Waals surface area contributed by atoms with E-state index < -0.39 is 17.2 Å². The molecule has 2 aromatic rings. The molecule has 0 aliphatic heterocycles. The summed E-state index contributed by atoms with van der Waals surface area (Å²) in [5.41, 5.74) is 8.56. The summed E-state index contributed by atoms with van der Waals surface area (Å²) in [7, 11) is 0. The van der Waals surface area contributed by atoms with Crippen molar-refractivity contribution in [3.8, 4) is 0 Å². The molecule has 0 saturated heterocycles. The summed E-state index contributed by atoms with van der Waals surface area (Å²) in [6.45, 7) is 1.56. The maximum Gasteiger partial charge on any atom is 0.164 e. The number of halogens is 2. The lowest BCUT2D eigenvalue weighted by Crippen LogP contribution is -2.43. The molecule has 3 heteroatoms. The van der Waals surface area contributed by atoms with Crippen LogP contribution in [-0.4, -0.2) is 0 Å². The van der Waals surface area contributed by atoms with E-state index in [1.54, 1.807) is 19.1 Å². The van der Waals surface area contributed by atoms with Crippen molar-refractivity contribution in [1.82, 2.24) is 0 Å². The van der Waals surface area contributed by atoms with Crippen molar-refractivity contribution in [2.75, 3.05) is 0 Å². The molecule has 0 saturated carbocycles. The highest BCUT2D eigenvalue weighted by atomic mass is 19.2. The standard InChI is InChI=1S/C17H17F2N/c1-11-6-7-14(16(19)15(11)18)17(20)9-8-12-4-2-3-5-13(12)10-17/h2-7H,8-10,20H2,1H3. The third kappa shape index (κ3) is 2.02. The molecular formula is C17H17F2N. The van der Waals surface area contributed by atoms with E-state index in [9.17, 15) is 8.78 Å². The number of hydrogen-bond acceptors (Lipinski definition) is 1. The van der Waals surface area contributed by atoms with Gasteiger partial charge in [0.05, 0.1) is 0 Å². The Morgan fingerprint density at radius 3 is 2.45 bits per heavy atom. The van der Waals surface area contributed by atoms with Gasteiger partial charge in [0, 0.05) is 11.1 Å². The minimum atomic E-state index is -0.826. The van der Waals surface area contributed by atoms with Crippen LogP contribution in [-0.2, 0) is 18.4 Å². The number of nitrogens with two attached hydrogens (primary N) is 1. The topological polar surface area (TPSA) is 26.0 Å². The number of rotatable bonds is 1. The second kappa shape index (κ2) is 4.67. The zero-order valence-electron chi connectivity index (χ0n) is 11.4. The Kier molecular flexibility index (Phi) is 3.09. The van der Waals surface area contributed by atoms with Crippen LogP contribution < -0.4 is 5.73 Å². The summed E-state index contributed by atoms with van der Waals surface area (Å²) in [4.78, 5) is 0. The highest BCUT2D eigenvalue weighted by Crippen LogP contribution is 2.36. The molecule has 0 heterocycles. The first-order valence-corrected chi connectivity index (χ1v) is 6.82. The van der Waals surface area contributed by atoms with Gasteiger partial charge in [0.25, 0.3) is 0 Å². The molecule has 0 amide bonds. The molecule has 104 valence electrons. The Bertz CT molecular complexity index is 666. The van der Waals surface area contributed by atoms with Gasteiger partial charge >= 0.3 is 0 Å². The van der Waals surface area contributed by atoms with Crippen molar-refractivity contribution in [3.63, 3.8) is 0 Å². The van der Waals surface area contributed by atoms with Gasteiger partial charge in [0.1, 0.15) is 0 Å². The van der Waals surface area contributed by atoms with Gasteiger partial charge in [0.15, 0.2) is 11.6 Å². The minimum absolute atomic E-state index is 0.287. The predicted octanol–water partition coefficient (Wildman–Crippen LogP) is 3.62. The van der Waals surface area contributed by atoms with Gasteiger partial charge in [-0.3, -0.25) is 0 Å². The fraction of sp³-hybridized carbons (Fsp3) is 0.294. The maximum atomic E-state index is 14.2. The molecular weight excluding hydrogens is 256 g/mol. The van der Waals surface area contributed by atoms with E-state index in [-0.39, 0.29) is 5.56 Å². The van der Waals surface area contributed by atoms with E-state index in [0.29, 0.717) is 18.4 Å². The van der Waals surface area contributed by atoms with Gasteiger partial charge in [-0.05, 0) is 42.9 Å². The fourth-order valence-electron chi connectivity index (χ4n) is 3.02. The maximum absolute atomic E-state index is 14.2. The van der Waals surface area contributed by atoms with E-state index in [1.807, 2.05) is 18.2 Å². The Morgan fingerprint density at radius 2 is 1.70 bits per heavy atom. The van der Waals surface area contributed by atoms with Crippen LogP contribution in [0.25, 0.3) is 0 Å². The van der Waals surface area contributed by atoms with E-state index in [4.69, 9.17) is 5.73 Å². The molecule has 2 N–H and O–H groups in total. The van der Waals surface area contributed by atoms with Crippen LogP contribution in [0, 0.1) is 18.6 Å². The van der Waals surface area contributed by atoms with Crippen molar-refractivity contribution < 1.29 is 8.78 Å². The summed E-state index contributed by atoms with van der Waals surface area (Å²) in [5.74, 6) is -1.59. The smallest absolute Gasteiger partial charge is 0.164 e. The SMILES string of the molecule is Cc1ccc(C2(N)CCc3ccccc3C2)c(F)c1F. The average molecular weight is 273 g/mol. The van der Waals surface area contributed by atoms with Crippen molar-refractivity contribution in [2.45, 2.75) is 31.7 Å². The zero-order valence-corrected chi connectivity index (χ0v) is 11.4. The molecule has 2 aromatic carbocycles. The fourth-order valence-corrected chi connectivity index (χ4v) is 3.02. The van der Waals surface area contributed by atoms with E-state index in [1.165, 1.54) is 5.56 Å². The first kappa shape index (κ1) is 13.3. The first-order valence-electron chi connectivity index (χ1n) is 6.82. The third-order valence-electron chi connectivity index (χ3n) is 4.28. The van der Waals surface area contributed by atoms with Gasteiger partial charge < -0.3 is 5.73 Å². The largest absolute Gasteiger partial charge is 0.321 e. The molecule has 0 aromatic heterocycles. The predicted molar refractivity (Wildman–Crippen MR) is 75.4 cm³/mol. The second-order valence-corrected chi connectivity index (χ2v) is 5.66. The summed E-state index contributed by atoms with van der Waals surface area (Å²) < 4.78 is 28.0. The monoisotopic (exact) mass is 273 g/mol. The Balaban J connectivity index is 2.05. The second-order valence-electron chi connectivity index (χ2n) is 5.66. The minimum Gasteiger partial charge on any atom is -0.321 e. The van der Waals surface area contributed by atoms with Gasteiger partial charge in [0.2, 0.25) is 0 Å². The molecule has 20 heavy (non-hydrogen) atoms. The van der Waals surface area contributed by atoms with Gasteiger partial charge in [-0.2, -0.15) is 0 Å². The van der Waals surface area contributed by atoms with Crippen LogP contribution in [0.4, 0.5) is 8.78 Å². The van der Waals surface area contributed by atoms with Gasteiger partial charge in [-0.25, -0.2) is 8.78 Å². The van der Waals surface area contributed by atoms with Crippen molar-refractivity contribution in [2.24, 2.45) is 5.73 Å². The summed E-state index contributed by atoms with van der Waals surface area (Å²) in [5, 5.41) is 0. The Labute approximate surface area is 117 Å². The Hall–Kier alpha value is -1.74. The number of aryl methyl sites for hydroxylation is 2.